The van der Waals surface area contributed by atoms with Crippen LogP contribution in [0, 0.1) is 19.3 Å². The van der Waals surface area contributed by atoms with Gasteiger partial charge in [-0.3, -0.25) is 0 Å². The van der Waals surface area contributed by atoms with Gasteiger partial charge in [0.2, 0.25) is 0 Å². The number of benzene rings is 1. The van der Waals surface area contributed by atoms with Crippen LogP contribution in [0.15, 0.2) is 18.2 Å². The van der Waals surface area contributed by atoms with Crippen molar-refractivity contribution in [3.05, 3.63) is 40.2 Å². The van der Waals surface area contributed by atoms with Crippen molar-refractivity contribution >= 4 is 0 Å². The Balaban J connectivity index is 0.00000264. The predicted octanol–water partition coefficient (Wildman–Crippen LogP) is 2.25. The average Bonchev–Trinajstić information content (AvgIpc) is 2.42. The summed E-state index contributed by atoms with van der Waals surface area (Å²) in [4.78, 5) is 2.61. The second-order valence-corrected chi connectivity index (χ2v) is 8.20. The molecule has 1 saturated heterocycles. The van der Waals surface area contributed by atoms with Crippen LogP contribution in [0.25, 0.3) is 5.32 Å². The van der Waals surface area contributed by atoms with Crippen LogP contribution in [0.4, 0.5) is 0 Å². The predicted molar refractivity (Wildman–Crippen MR) is 96.6 cm³/mol. The van der Waals surface area contributed by atoms with Crippen LogP contribution in [0.5, 0.6) is 0 Å². The molecule has 2 rings (SSSR count). The van der Waals surface area contributed by atoms with Gasteiger partial charge in [-0.25, -0.2) is 0 Å². The number of hydrogen-bond donors (Lipinski definition) is 0. The maximum absolute atomic E-state index is 5.10. The smallest absolute Gasteiger partial charge is 0.654 e. The van der Waals surface area contributed by atoms with Crippen LogP contribution in [0.1, 0.15) is 62.8 Å². The number of nitrogens with zero attached hydrogens (tertiary/aromatic N) is 2. The van der Waals surface area contributed by atoms with Gasteiger partial charge in [-0.05, 0) is 46.3 Å². The number of hydrogen-bond acceptors (Lipinski definition) is 1. The van der Waals surface area contributed by atoms with E-state index in [0.717, 1.165) is 13.1 Å². The molecular formula is C20H33LiN2. The first kappa shape index (κ1) is 20.8. The van der Waals surface area contributed by atoms with Crippen LogP contribution in [0.2, 0.25) is 0 Å². The third-order valence-corrected chi connectivity index (χ3v) is 4.29. The van der Waals surface area contributed by atoms with Gasteiger partial charge in [-0.15, -0.1) is 6.54 Å². The first-order valence-corrected chi connectivity index (χ1v) is 8.81. The molecule has 0 amide bonds. The minimum Gasteiger partial charge on any atom is -0.654 e. The van der Waals surface area contributed by atoms with Crippen molar-refractivity contribution in [3.63, 3.8) is 0 Å². The summed E-state index contributed by atoms with van der Waals surface area (Å²) in [7, 11) is 0. The van der Waals surface area contributed by atoms with Gasteiger partial charge in [0.15, 0.2) is 0 Å². The summed E-state index contributed by atoms with van der Waals surface area (Å²) >= 11 is 0. The van der Waals surface area contributed by atoms with Crippen molar-refractivity contribution in [2.75, 3.05) is 26.2 Å². The van der Waals surface area contributed by atoms with Crippen molar-refractivity contribution in [1.29, 1.82) is 0 Å². The third-order valence-electron chi connectivity index (χ3n) is 4.29. The number of piperidine rings is 1. The zero-order valence-corrected chi connectivity index (χ0v) is 16.2. The van der Waals surface area contributed by atoms with Crippen molar-refractivity contribution in [2.45, 2.75) is 59.9 Å². The zero-order valence-electron chi connectivity index (χ0n) is 16.2. The molecule has 2 nitrogen and oxygen atoms in total. The molecule has 3 heteroatoms. The minimum atomic E-state index is 0. The molecule has 0 saturated carbocycles. The van der Waals surface area contributed by atoms with E-state index in [1.165, 1.54) is 49.0 Å². The summed E-state index contributed by atoms with van der Waals surface area (Å²) in [6.45, 7) is 15.7. The van der Waals surface area contributed by atoms with Gasteiger partial charge < -0.3 is 10.2 Å². The van der Waals surface area contributed by atoms with Gasteiger partial charge in [0.05, 0.1) is 0 Å². The molecule has 0 N–H and O–H groups in total. The van der Waals surface area contributed by atoms with E-state index in [2.05, 4.69) is 57.7 Å². The monoisotopic (exact) mass is 308 g/mol. The molecule has 1 heterocycles. The summed E-state index contributed by atoms with van der Waals surface area (Å²) in [5, 5.41) is 5.10. The Kier molecular flexibility index (Phi) is 8.39. The van der Waals surface area contributed by atoms with Gasteiger partial charge in [-0.1, -0.05) is 73.5 Å². The second-order valence-electron chi connectivity index (χ2n) is 8.20. The van der Waals surface area contributed by atoms with E-state index in [4.69, 9.17) is 5.32 Å². The first-order chi connectivity index (χ1) is 10.3. The molecule has 0 aromatic heterocycles. The number of aryl methyl sites for hydroxylation is 2. The van der Waals surface area contributed by atoms with Crippen LogP contribution in [-0.2, 0) is 0 Å². The molecule has 1 aliphatic heterocycles. The van der Waals surface area contributed by atoms with Gasteiger partial charge in [0.25, 0.3) is 0 Å². The van der Waals surface area contributed by atoms with E-state index < -0.39 is 0 Å². The zero-order chi connectivity index (χ0) is 16.2. The summed E-state index contributed by atoms with van der Waals surface area (Å²) in [6, 6.07) is 7.23. The van der Waals surface area contributed by atoms with Crippen molar-refractivity contribution in [3.8, 4) is 0 Å². The molecule has 0 aliphatic carbocycles. The fraction of sp³-hybridized carbons (Fsp3) is 0.700. The normalized spacial score (nSPS) is 17.6. The van der Waals surface area contributed by atoms with Crippen LogP contribution in [0.3, 0.4) is 0 Å². The molecule has 124 valence electrons. The average molecular weight is 308 g/mol. The Morgan fingerprint density at radius 3 is 2.09 bits per heavy atom. The van der Waals surface area contributed by atoms with E-state index in [1.807, 2.05) is 0 Å². The van der Waals surface area contributed by atoms with E-state index in [-0.39, 0.29) is 24.3 Å². The topological polar surface area (TPSA) is 17.3 Å². The summed E-state index contributed by atoms with van der Waals surface area (Å²) < 4.78 is 0. The van der Waals surface area contributed by atoms with Crippen LogP contribution in [-0.4, -0.2) is 31.1 Å². The Bertz CT molecular complexity index is 453. The van der Waals surface area contributed by atoms with Crippen molar-refractivity contribution in [2.24, 2.45) is 5.41 Å². The minimum absolute atomic E-state index is 0. The molecule has 1 aliphatic rings. The molecule has 0 spiro atoms. The molecule has 1 fully saturated rings. The molecule has 1 aromatic carbocycles. The first-order valence-electron chi connectivity index (χ1n) is 8.81. The Morgan fingerprint density at radius 2 is 1.57 bits per heavy atom. The number of likely N-dealkylation sites (tertiary alicyclic amines) is 1. The van der Waals surface area contributed by atoms with Gasteiger partial charge in [0.1, 0.15) is 0 Å². The quantitative estimate of drug-likeness (QED) is 0.763. The Morgan fingerprint density at radius 1 is 1.00 bits per heavy atom. The Hall–Kier alpha value is -0.263. The molecular weight excluding hydrogens is 275 g/mol. The summed E-state index contributed by atoms with van der Waals surface area (Å²) in [6.07, 6.45) is 4.08. The largest absolute Gasteiger partial charge is 1.00 e. The second kappa shape index (κ2) is 9.28. The molecule has 0 radical (unpaired) electrons. The standard InChI is InChI=1S/C20H33N2.Li/c1-16-11-17(2)13-18(12-16)19(21-15-20(3,4)5)14-22-9-7-6-8-10-22;/h11-13,19H,6-10,14-15H2,1-5H3;/q-1;+1/t19-;/m0./s1. The molecule has 0 bridgehead atoms. The maximum atomic E-state index is 5.10. The molecule has 23 heavy (non-hydrogen) atoms. The van der Waals surface area contributed by atoms with Crippen LogP contribution >= 0.6 is 0 Å². The van der Waals surface area contributed by atoms with E-state index in [9.17, 15) is 0 Å². The fourth-order valence-electron chi connectivity index (χ4n) is 3.24. The Labute approximate surface area is 155 Å². The van der Waals surface area contributed by atoms with E-state index >= 15 is 0 Å². The fourth-order valence-corrected chi connectivity index (χ4v) is 3.24. The molecule has 0 unspecified atom stereocenters. The van der Waals surface area contributed by atoms with Crippen molar-refractivity contribution < 1.29 is 18.9 Å². The van der Waals surface area contributed by atoms with Gasteiger partial charge in [0, 0.05) is 0 Å². The summed E-state index contributed by atoms with van der Waals surface area (Å²) in [5.74, 6) is 0. The maximum Gasteiger partial charge on any atom is 1.00 e. The van der Waals surface area contributed by atoms with Crippen LogP contribution < -0.4 is 18.9 Å². The van der Waals surface area contributed by atoms with E-state index in [0.29, 0.717) is 6.04 Å². The van der Waals surface area contributed by atoms with E-state index in [1.54, 1.807) is 0 Å². The van der Waals surface area contributed by atoms with Gasteiger partial charge >= 0.3 is 18.9 Å². The molecule has 1 atom stereocenters. The number of rotatable bonds is 5. The summed E-state index contributed by atoms with van der Waals surface area (Å²) in [5.41, 5.74) is 4.36. The van der Waals surface area contributed by atoms with Gasteiger partial charge in [-0.2, -0.15) is 0 Å². The SMILES string of the molecule is Cc1cc(C)cc([C@H](CN2CCCCC2)[N-]CC(C)(C)C)c1.[Li+]. The third kappa shape index (κ3) is 7.44. The molecule has 1 aromatic rings. The van der Waals surface area contributed by atoms with Crippen molar-refractivity contribution in [1.82, 2.24) is 4.90 Å².